The van der Waals surface area contributed by atoms with Gasteiger partial charge in [-0.2, -0.15) is 0 Å². The van der Waals surface area contributed by atoms with E-state index in [0.29, 0.717) is 23.6 Å². The highest BCUT2D eigenvalue weighted by atomic mass is 19.1. The molecule has 1 fully saturated rings. The number of carbonyl (C=O) groups excluding carboxylic acids is 1. The van der Waals surface area contributed by atoms with Crippen molar-refractivity contribution >= 4 is 5.91 Å². The van der Waals surface area contributed by atoms with Gasteiger partial charge in [-0.15, -0.1) is 0 Å². The zero-order valence-corrected chi connectivity index (χ0v) is 14.3. The quantitative estimate of drug-likeness (QED) is 0.707. The lowest BCUT2D eigenvalue weighted by Gasteiger charge is -2.20. The minimum absolute atomic E-state index is 0.0883. The molecule has 0 unspecified atom stereocenters. The lowest BCUT2D eigenvalue weighted by molar-refractivity contribution is 0.0672. The molecule has 0 spiro atoms. The van der Waals surface area contributed by atoms with E-state index in [1.54, 1.807) is 23.1 Å². The Morgan fingerprint density at radius 3 is 2.88 bits per heavy atom. The van der Waals surface area contributed by atoms with Crippen molar-refractivity contribution in [1.82, 2.24) is 15.2 Å². The Morgan fingerprint density at radius 1 is 1.27 bits per heavy atom. The molecule has 134 valence electrons. The van der Waals surface area contributed by atoms with Crippen LogP contribution >= 0.6 is 0 Å². The zero-order valence-electron chi connectivity index (χ0n) is 14.3. The minimum atomic E-state index is -0.410. The minimum Gasteiger partial charge on any atom is -0.359 e. The van der Waals surface area contributed by atoms with Gasteiger partial charge in [0.05, 0.1) is 11.7 Å². The largest absolute Gasteiger partial charge is 0.359 e. The predicted molar refractivity (Wildman–Crippen MR) is 90.8 cm³/mol. The number of carbonyl (C=O) groups is 1. The number of rotatable bonds is 4. The monoisotopic (exact) mass is 355 g/mol. The number of benzene rings is 1. The van der Waals surface area contributed by atoms with Crippen molar-refractivity contribution < 1.29 is 18.2 Å². The summed E-state index contributed by atoms with van der Waals surface area (Å²) < 4.78 is 24.5. The number of aryl methyl sites for hydroxylation is 1. The molecule has 1 saturated heterocycles. The third-order valence-electron chi connectivity index (χ3n) is 4.65. The summed E-state index contributed by atoms with van der Waals surface area (Å²) in [5.74, 6) is 0.0802. The number of hydrogen-bond acceptors (Lipinski definition) is 5. The van der Waals surface area contributed by atoms with E-state index in [-0.39, 0.29) is 17.7 Å². The van der Waals surface area contributed by atoms with Gasteiger partial charge in [0.1, 0.15) is 11.5 Å². The molecule has 3 aromatic rings. The maximum atomic E-state index is 13.9. The Labute approximate surface area is 149 Å². The highest BCUT2D eigenvalue weighted by Gasteiger charge is 2.35. The van der Waals surface area contributed by atoms with E-state index in [1.807, 2.05) is 13.0 Å². The third-order valence-corrected chi connectivity index (χ3v) is 4.65. The fraction of sp³-hybridized carbons (Fsp3) is 0.316. The first kappa shape index (κ1) is 16.5. The molecule has 1 amide bonds. The molecule has 4 rings (SSSR count). The van der Waals surface area contributed by atoms with Crippen molar-refractivity contribution in [3.63, 3.8) is 0 Å². The summed E-state index contributed by atoms with van der Waals surface area (Å²) in [4.78, 5) is 14.6. The first-order chi connectivity index (χ1) is 12.7. The van der Waals surface area contributed by atoms with Gasteiger partial charge < -0.3 is 13.9 Å². The normalized spacial score (nSPS) is 17.0. The fourth-order valence-corrected chi connectivity index (χ4v) is 3.27. The lowest BCUT2D eigenvalue weighted by atomic mass is 10.1. The number of hydrogen-bond donors (Lipinski definition) is 0. The molecule has 1 aliphatic rings. The maximum Gasteiger partial charge on any atom is 0.293 e. The second-order valence-corrected chi connectivity index (χ2v) is 6.29. The highest BCUT2D eigenvalue weighted by Crippen LogP contribution is 2.34. The highest BCUT2D eigenvalue weighted by molar-refractivity contribution is 5.92. The van der Waals surface area contributed by atoms with Gasteiger partial charge in [0.15, 0.2) is 5.76 Å². The molecule has 0 saturated carbocycles. The van der Waals surface area contributed by atoms with Gasteiger partial charge >= 0.3 is 0 Å². The SMILES string of the molecule is CCc1cc([C@H]2CCCN2C(=O)c2cc(-c3ccccc3F)no2)on1. The van der Waals surface area contributed by atoms with Gasteiger partial charge in [0, 0.05) is 24.2 Å². The van der Waals surface area contributed by atoms with Gasteiger partial charge in [0.25, 0.3) is 5.91 Å². The van der Waals surface area contributed by atoms with Crippen LogP contribution in [0.2, 0.25) is 0 Å². The van der Waals surface area contributed by atoms with Crippen molar-refractivity contribution in [3.05, 3.63) is 59.4 Å². The average Bonchev–Trinajstić information content (AvgIpc) is 3.40. The van der Waals surface area contributed by atoms with Crippen molar-refractivity contribution in [2.45, 2.75) is 32.2 Å². The van der Waals surface area contributed by atoms with Gasteiger partial charge in [-0.25, -0.2) is 4.39 Å². The van der Waals surface area contributed by atoms with Crippen LogP contribution < -0.4 is 0 Å². The number of likely N-dealkylation sites (tertiary alicyclic amines) is 1. The second-order valence-electron chi connectivity index (χ2n) is 6.29. The molecule has 1 atom stereocenters. The van der Waals surface area contributed by atoms with E-state index < -0.39 is 5.82 Å². The molecule has 7 heteroatoms. The molecule has 0 aliphatic carbocycles. The summed E-state index contributed by atoms with van der Waals surface area (Å²) >= 11 is 0. The van der Waals surface area contributed by atoms with Crippen molar-refractivity contribution in [2.24, 2.45) is 0 Å². The molecule has 0 bridgehead atoms. The van der Waals surface area contributed by atoms with E-state index in [2.05, 4.69) is 10.3 Å². The average molecular weight is 355 g/mol. The van der Waals surface area contributed by atoms with E-state index in [0.717, 1.165) is 25.0 Å². The lowest BCUT2D eigenvalue weighted by Crippen LogP contribution is -2.30. The number of amides is 1. The zero-order chi connectivity index (χ0) is 18.1. The van der Waals surface area contributed by atoms with Gasteiger partial charge in [-0.3, -0.25) is 4.79 Å². The Balaban J connectivity index is 1.58. The van der Waals surface area contributed by atoms with Gasteiger partial charge in [-0.05, 0) is 31.4 Å². The summed E-state index contributed by atoms with van der Waals surface area (Å²) in [5.41, 5.74) is 1.46. The van der Waals surface area contributed by atoms with Crippen LogP contribution in [0.25, 0.3) is 11.3 Å². The van der Waals surface area contributed by atoms with Crippen LogP contribution in [0.5, 0.6) is 0 Å². The molecule has 6 nitrogen and oxygen atoms in total. The Bertz CT molecular complexity index is 934. The van der Waals surface area contributed by atoms with Crippen molar-refractivity contribution in [2.75, 3.05) is 6.54 Å². The van der Waals surface area contributed by atoms with Crippen LogP contribution in [0, 0.1) is 5.82 Å². The predicted octanol–water partition coefficient (Wildman–Crippen LogP) is 4.01. The number of halogens is 1. The van der Waals surface area contributed by atoms with Crippen LogP contribution in [0.3, 0.4) is 0 Å². The third kappa shape index (κ3) is 2.89. The smallest absolute Gasteiger partial charge is 0.293 e. The van der Waals surface area contributed by atoms with E-state index in [1.165, 1.54) is 12.1 Å². The van der Waals surface area contributed by atoms with Crippen LogP contribution in [0.4, 0.5) is 4.39 Å². The van der Waals surface area contributed by atoms with Gasteiger partial charge in [-0.1, -0.05) is 29.4 Å². The van der Waals surface area contributed by atoms with Crippen molar-refractivity contribution in [3.8, 4) is 11.3 Å². The van der Waals surface area contributed by atoms with Crippen LogP contribution in [-0.4, -0.2) is 27.7 Å². The molecule has 2 aromatic heterocycles. The van der Waals surface area contributed by atoms with Crippen LogP contribution in [-0.2, 0) is 6.42 Å². The molecule has 1 aliphatic heterocycles. The standard InChI is InChI=1S/C19H18FN3O3/c1-2-12-10-17(25-21-12)16-8-5-9-23(16)19(24)18-11-15(22-26-18)13-6-3-4-7-14(13)20/h3-4,6-7,10-11,16H,2,5,8-9H2,1H3/t16-/m1/s1. The summed E-state index contributed by atoms with van der Waals surface area (Å²) in [6, 6.07) is 9.45. The summed E-state index contributed by atoms with van der Waals surface area (Å²) in [6.07, 6.45) is 2.45. The van der Waals surface area contributed by atoms with E-state index in [9.17, 15) is 9.18 Å². The number of nitrogens with zero attached hydrogens (tertiary/aromatic N) is 3. The number of aromatic nitrogens is 2. The Hall–Kier alpha value is -2.96. The van der Waals surface area contributed by atoms with E-state index in [4.69, 9.17) is 9.05 Å². The van der Waals surface area contributed by atoms with Crippen molar-refractivity contribution in [1.29, 1.82) is 0 Å². The molecular weight excluding hydrogens is 337 g/mol. The van der Waals surface area contributed by atoms with Crippen LogP contribution in [0.15, 0.2) is 45.4 Å². The molecular formula is C19H18FN3O3. The second kappa shape index (κ2) is 6.74. The first-order valence-electron chi connectivity index (χ1n) is 8.65. The fourth-order valence-electron chi connectivity index (χ4n) is 3.27. The molecule has 1 aromatic carbocycles. The van der Waals surface area contributed by atoms with Crippen LogP contribution in [0.1, 0.15) is 47.8 Å². The topological polar surface area (TPSA) is 72.4 Å². The summed E-state index contributed by atoms with van der Waals surface area (Å²) in [7, 11) is 0. The molecule has 0 radical (unpaired) electrons. The Morgan fingerprint density at radius 2 is 2.12 bits per heavy atom. The Kier molecular flexibility index (Phi) is 4.28. The van der Waals surface area contributed by atoms with Gasteiger partial charge in [0.2, 0.25) is 5.76 Å². The first-order valence-corrected chi connectivity index (χ1v) is 8.65. The maximum absolute atomic E-state index is 13.9. The molecule has 0 N–H and O–H groups in total. The van der Waals surface area contributed by atoms with E-state index >= 15 is 0 Å². The summed E-state index contributed by atoms with van der Waals surface area (Å²) in [6.45, 7) is 2.60. The summed E-state index contributed by atoms with van der Waals surface area (Å²) in [5, 5.41) is 7.87. The molecule has 26 heavy (non-hydrogen) atoms. The molecule has 3 heterocycles.